The summed E-state index contributed by atoms with van der Waals surface area (Å²) in [6, 6.07) is 3.39. The minimum Gasteiger partial charge on any atom is -0.357 e. The molecule has 6 nitrogen and oxygen atoms in total. The molecule has 0 amide bonds. The van der Waals surface area contributed by atoms with Gasteiger partial charge in [-0.15, -0.1) is 11.3 Å². The van der Waals surface area contributed by atoms with Gasteiger partial charge in [-0.05, 0) is 43.0 Å². The van der Waals surface area contributed by atoms with E-state index in [0.29, 0.717) is 22.7 Å². The van der Waals surface area contributed by atoms with E-state index in [2.05, 4.69) is 17.6 Å². The predicted molar refractivity (Wildman–Crippen MR) is 105 cm³/mol. The Morgan fingerprint density at radius 2 is 2.12 bits per heavy atom. The maximum absolute atomic E-state index is 12.4. The maximum Gasteiger partial charge on any atom is 0.252 e. The number of hydrogen-bond donors (Lipinski definition) is 2. The summed E-state index contributed by atoms with van der Waals surface area (Å²) >= 11 is 1.24. The number of hydrogen-bond acceptors (Lipinski definition) is 4. The van der Waals surface area contributed by atoms with Gasteiger partial charge >= 0.3 is 0 Å². The second kappa shape index (κ2) is 9.00. The van der Waals surface area contributed by atoms with Crippen LogP contribution in [-0.4, -0.2) is 51.9 Å². The summed E-state index contributed by atoms with van der Waals surface area (Å²) in [4.78, 5) is 4.72. The lowest BCUT2D eigenvalue weighted by Crippen LogP contribution is -2.43. The topological polar surface area (TPSA) is 73.8 Å². The van der Waals surface area contributed by atoms with Gasteiger partial charge in [0.05, 0.1) is 0 Å². The summed E-state index contributed by atoms with van der Waals surface area (Å²) in [5.41, 5.74) is 0.377. The Bertz CT molecular complexity index is 647. The smallest absolute Gasteiger partial charge is 0.252 e. The lowest BCUT2D eigenvalue weighted by molar-refractivity contribution is 0.139. The molecular formula is C17H30N4O2S2. The van der Waals surface area contributed by atoms with Gasteiger partial charge < -0.3 is 10.6 Å². The molecular weight excluding hydrogens is 356 g/mol. The van der Waals surface area contributed by atoms with Gasteiger partial charge in [0.1, 0.15) is 4.21 Å². The van der Waals surface area contributed by atoms with Crippen LogP contribution in [0.15, 0.2) is 26.7 Å². The first-order valence-electron chi connectivity index (χ1n) is 8.95. The molecule has 1 fully saturated rings. The molecule has 0 aliphatic heterocycles. The van der Waals surface area contributed by atoms with E-state index in [9.17, 15) is 8.42 Å². The zero-order chi connectivity index (χ0) is 18.3. The zero-order valence-corrected chi connectivity index (χ0v) is 17.0. The molecule has 142 valence electrons. The van der Waals surface area contributed by atoms with Crippen LogP contribution in [0.25, 0.3) is 0 Å². The highest BCUT2D eigenvalue weighted by Crippen LogP contribution is 2.43. The van der Waals surface area contributed by atoms with Crippen LogP contribution < -0.4 is 10.6 Å². The molecule has 0 bridgehead atoms. The molecule has 0 unspecified atom stereocenters. The molecule has 0 saturated heterocycles. The van der Waals surface area contributed by atoms with E-state index in [4.69, 9.17) is 4.99 Å². The molecule has 0 spiro atoms. The van der Waals surface area contributed by atoms with Gasteiger partial charge in [0.25, 0.3) is 10.0 Å². The van der Waals surface area contributed by atoms with Crippen LogP contribution in [0.5, 0.6) is 0 Å². The summed E-state index contributed by atoms with van der Waals surface area (Å²) in [6.07, 6.45) is 4.98. The highest BCUT2D eigenvalue weighted by Gasteiger charge is 2.34. The monoisotopic (exact) mass is 386 g/mol. The number of aliphatic imine (C=N–C) groups is 1. The van der Waals surface area contributed by atoms with Crippen molar-refractivity contribution in [2.45, 2.75) is 43.7 Å². The Labute approximate surface area is 155 Å². The van der Waals surface area contributed by atoms with Crippen LogP contribution in [0.1, 0.15) is 39.5 Å². The molecule has 1 heterocycles. The molecule has 1 saturated carbocycles. The number of likely N-dealkylation sites (N-methyl/N-ethyl adjacent to an activating group) is 1. The van der Waals surface area contributed by atoms with Crippen molar-refractivity contribution in [1.82, 2.24) is 14.9 Å². The lowest BCUT2D eigenvalue weighted by Gasteiger charge is -2.40. The lowest BCUT2D eigenvalue weighted by atomic mass is 9.67. The second-order valence-electron chi connectivity index (χ2n) is 6.59. The minimum absolute atomic E-state index is 0.377. The number of guanidine groups is 1. The fourth-order valence-corrected chi connectivity index (χ4v) is 5.28. The molecule has 0 radical (unpaired) electrons. The van der Waals surface area contributed by atoms with Crippen molar-refractivity contribution in [3.8, 4) is 0 Å². The van der Waals surface area contributed by atoms with Crippen molar-refractivity contribution >= 4 is 27.3 Å². The predicted octanol–water partition coefficient (Wildman–Crippen LogP) is 2.50. The Morgan fingerprint density at radius 1 is 1.36 bits per heavy atom. The highest BCUT2D eigenvalue weighted by atomic mass is 32.2. The van der Waals surface area contributed by atoms with Crippen LogP contribution in [0.4, 0.5) is 0 Å². The quantitative estimate of drug-likeness (QED) is 0.505. The highest BCUT2D eigenvalue weighted by molar-refractivity contribution is 7.91. The minimum atomic E-state index is -3.39. The van der Waals surface area contributed by atoms with E-state index in [0.717, 1.165) is 25.5 Å². The van der Waals surface area contributed by atoms with Gasteiger partial charge in [-0.1, -0.05) is 19.4 Å². The van der Waals surface area contributed by atoms with Crippen molar-refractivity contribution in [2.24, 2.45) is 10.4 Å². The Kier molecular flexibility index (Phi) is 7.27. The number of nitrogens with zero attached hydrogens (tertiary/aromatic N) is 2. The molecule has 2 N–H and O–H groups in total. The summed E-state index contributed by atoms with van der Waals surface area (Å²) in [6.45, 7) is 6.80. The summed E-state index contributed by atoms with van der Waals surface area (Å²) in [5.74, 6) is 0.768. The van der Waals surface area contributed by atoms with E-state index in [-0.39, 0.29) is 0 Å². The van der Waals surface area contributed by atoms with Crippen LogP contribution in [0, 0.1) is 5.41 Å². The van der Waals surface area contributed by atoms with Gasteiger partial charge in [-0.25, -0.2) is 8.42 Å². The average molecular weight is 387 g/mol. The van der Waals surface area contributed by atoms with Crippen molar-refractivity contribution in [3.05, 3.63) is 17.5 Å². The van der Waals surface area contributed by atoms with E-state index in [1.165, 1.54) is 34.9 Å². The molecule has 0 atom stereocenters. The normalized spacial score (nSPS) is 17.4. The zero-order valence-electron chi connectivity index (χ0n) is 15.4. The summed E-state index contributed by atoms with van der Waals surface area (Å²) in [7, 11) is -1.78. The summed E-state index contributed by atoms with van der Waals surface area (Å²) < 4.78 is 26.6. The van der Waals surface area contributed by atoms with Gasteiger partial charge in [-0.3, -0.25) is 4.99 Å². The van der Waals surface area contributed by atoms with E-state index in [1.54, 1.807) is 24.6 Å². The SMILES string of the molecule is CCNC(=NCC1(CC)CCC1)NCCN(C)S(=O)(=O)c1cccs1. The molecule has 1 aromatic rings. The van der Waals surface area contributed by atoms with Gasteiger partial charge in [-0.2, -0.15) is 4.31 Å². The molecule has 1 aliphatic carbocycles. The first-order chi connectivity index (χ1) is 11.9. The van der Waals surface area contributed by atoms with E-state index in [1.807, 2.05) is 6.92 Å². The number of rotatable bonds is 9. The van der Waals surface area contributed by atoms with Gasteiger partial charge in [0, 0.05) is 33.2 Å². The Balaban J connectivity index is 1.86. The summed E-state index contributed by atoms with van der Waals surface area (Å²) in [5, 5.41) is 8.27. The van der Waals surface area contributed by atoms with E-state index < -0.39 is 10.0 Å². The third kappa shape index (κ3) is 5.18. The first kappa shape index (κ1) is 20.2. The van der Waals surface area contributed by atoms with Crippen LogP contribution in [0.3, 0.4) is 0 Å². The number of thiophene rings is 1. The Morgan fingerprint density at radius 3 is 2.64 bits per heavy atom. The fourth-order valence-electron chi connectivity index (χ4n) is 2.90. The first-order valence-corrected chi connectivity index (χ1v) is 11.3. The number of sulfonamides is 1. The standard InChI is InChI=1S/C17H30N4O2S2/c1-4-17(9-7-10-17)14-20-16(18-5-2)19-11-12-21(3)25(22,23)15-8-6-13-24-15/h6,8,13H,4-5,7,9-12,14H2,1-3H3,(H2,18,19,20). The van der Waals surface area contributed by atoms with Crippen LogP contribution >= 0.6 is 11.3 Å². The molecule has 1 aromatic heterocycles. The molecule has 1 aliphatic rings. The third-order valence-corrected chi connectivity index (χ3v) is 8.19. The largest absolute Gasteiger partial charge is 0.357 e. The van der Waals surface area contributed by atoms with Gasteiger partial charge in [0.2, 0.25) is 0 Å². The molecule has 2 rings (SSSR count). The van der Waals surface area contributed by atoms with E-state index >= 15 is 0 Å². The van der Waals surface area contributed by atoms with Crippen molar-refractivity contribution in [1.29, 1.82) is 0 Å². The Hall–Kier alpha value is -1.12. The molecule has 25 heavy (non-hydrogen) atoms. The van der Waals surface area contributed by atoms with Crippen LogP contribution in [-0.2, 0) is 10.0 Å². The van der Waals surface area contributed by atoms with Crippen LogP contribution in [0.2, 0.25) is 0 Å². The third-order valence-electron chi connectivity index (χ3n) is 4.96. The maximum atomic E-state index is 12.4. The average Bonchev–Trinajstić information content (AvgIpc) is 3.09. The van der Waals surface area contributed by atoms with Gasteiger partial charge in [0.15, 0.2) is 5.96 Å². The molecule has 0 aromatic carbocycles. The van der Waals surface area contributed by atoms with Crippen molar-refractivity contribution in [3.63, 3.8) is 0 Å². The fraction of sp³-hybridized carbons (Fsp3) is 0.706. The number of nitrogens with one attached hydrogen (secondary N) is 2. The molecule has 8 heteroatoms. The van der Waals surface area contributed by atoms with Crippen molar-refractivity contribution in [2.75, 3.05) is 33.2 Å². The second-order valence-corrected chi connectivity index (χ2v) is 9.81. The van der Waals surface area contributed by atoms with Crippen molar-refractivity contribution < 1.29 is 8.42 Å².